The molecule has 1 aromatic rings. The van der Waals surface area contributed by atoms with E-state index in [0.717, 1.165) is 39.3 Å². The largest absolute Gasteiger partial charge is 0.383 e. The molecule has 1 atom stereocenters. The molecule has 3 nitrogen and oxygen atoms in total. The van der Waals surface area contributed by atoms with Gasteiger partial charge in [-0.25, -0.2) is 0 Å². The van der Waals surface area contributed by atoms with Crippen molar-refractivity contribution >= 4 is 0 Å². The van der Waals surface area contributed by atoms with Gasteiger partial charge in [0.25, 0.3) is 0 Å². The summed E-state index contributed by atoms with van der Waals surface area (Å²) in [7, 11) is 1.78. The minimum atomic E-state index is 0.405. The van der Waals surface area contributed by atoms with Gasteiger partial charge in [-0.3, -0.25) is 4.90 Å². The summed E-state index contributed by atoms with van der Waals surface area (Å²) in [4.78, 5) is 2.52. The van der Waals surface area contributed by atoms with Crippen LogP contribution in [0.5, 0.6) is 0 Å². The first-order chi connectivity index (χ1) is 9.22. The van der Waals surface area contributed by atoms with Crippen LogP contribution < -0.4 is 5.32 Å². The Morgan fingerprint density at radius 2 is 2.11 bits per heavy atom. The summed E-state index contributed by atoms with van der Waals surface area (Å²) in [5.74, 6) is 0. The van der Waals surface area contributed by atoms with Crippen LogP contribution in [0.1, 0.15) is 18.9 Å². The van der Waals surface area contributed by atoms with Crippen LogP contribution in [0.3, 0.4) is 0 Å². The number of ether oxygens (including phenoxy) is 1. The summed E-state index contributed by atoms with van der Waals surface area (Å²) < 4.78 is 5.25. The van der Waals surface area contributed by atoms with Crippen LogP contribution in [0.25, 0.3) is 0 Å². The van der Waals surface area contributed by atoms with E-state index >= 15 is 0 Å². The maximum atomic E-state index is 5.25. The van der Waals surface area contributed by atoms with E-state index in [2.05, 4.69) is 47.5 Å². The number of nitrogens with zero attached hydrogens (tertiary/aromatic N) is 1. The molecule has 1 N–H and O–H groups in total. The van der Waals surface area contributed by atoms with Crippen molar-refractivity contribution in [1.82, 2.24) is 10.2 Å². The molecule has 0 saturated carbocycles. The lowest BCUT2D eigenvalue weighted by Crippen LogP contribution is -2.38. The lowest BCUT2D eigenvalue weighted by molar-refractivity contribution is 0.113. The van der Waals surface area contributed by atoms with Crippen LogP contribution in [0.2, 0.25) is 0 Å². The first-order valence-electron chi connectivity index (χ1n) is 7.18. The van der Waals surface area contributed by atoms with Gasteiger partial charge in [0, 0.05) is 33.3 Å². The third kappa shape index (κ3) is 4.60. The van der Waals surface area contributed by atoms with E-state index in [1.807, 2.05) is 0 Å². The Kier molecular flexibility index (Phi) is 5.37. The summed E-state index contributed by atoms with van der Waals surface area (Å²) >= 11 is 0. The smallest absolute Gasteiger partial charge is 0.0589 e. The predicted octanol–water partition coefficient (Wildman–Crippen LogP) is 2.13. The van der Waals surface area contributed by atoms with E-state index in [1.165, 1.54) is 12.0 Å². The predicted molar refractivity (Wildman–Crippen MR) is 79.2 cm³/mol. The maximum absolute atomic E-state index is 5.25. The highest BCUT2D eigenvalue weighted by atomic mass is 16.5. The van der Waals surface area contributed by atoms with Gasteiger partial charge < -0.3 is 10.1 Å². The van der Waals surface area contributed by atoms with Gasteiger partial charge in [-0.15, -0.1) is 0 Å². The number of rotatable bonds is 7. The fourth-order valence-corrected chi connectivity index (χ4v) is 2.82. The molecule has 2 rings (SSSR count). The molecule has 1 aliphatic rings. The summed E-state index contributed by atoms with van der Waals surface area (Å²) in [5.41, 5.74) is 1.79. The van der Waals surface area contributed by atoms with E-state index in [0.29, 0.717) is 5.41 Å². The first kappa shape index (κ1) is 14.5. The molecule has 19 heavy (non-hydrogen) atoms. The Balaban J connectivity index is 1.95. The van der Waals surface area contributed by atoms with Gasteiger partial charge in [-0.1, -0.05) is 37.3 Å². The molecule has 1 heterocycles. The number of hydrogen-bond donors (Lipinski definition) is 1. The average molecular weight is 262 g/mol. The Bertz CT molecular complexity index is 360. The number of methoxy groups -OCH3 is 1. The van der Waals surface area contributed by atoms with E-state index < -0.39 is 0 Å². The Labute approximate surface area is 116 Å². The molecular weight excluding hydrogens is 236 g/mol. The van der Waals surface area contributed by atoms with Crippen LogP contribution in [-0.4, -0.2) is 44.8 Å². The first-order valence-corrected chi connectivity index (χ1v) is 7.18. The highest BCUT2D eigenvalue weighted by molar-refractivity contribution is 5.14. The molecule has 0 amide bonds. The lowest BCUT2D eigenvalue weighted by atomic mass is 9.89. The fraction of sp³-hybridized carbons (Fsp3) is 0.625. The van der Waals surface area contributed by atoms with Gasteiger partial charge in [-0.2, -0.15) is 0 Å². The molecule has 0 aliphatic carbocycles. The van der Waals surface area contributed by atoms with Gasteiger partial charge in [0.15, 0.2) is 0 Å². The molecule has 1 saturated heterocycles. The van der Waals surface area contributed by atoms with Gasteiger partial charge in [0.05, 0.1) is 6.61 Å². The minimum Gasteiger partial charge on any atom is -0.383 e. The van der Waals surface area contributed by atoms with Crippen molar-refractivity contribution in [2.45, 2.75) is 19.9 Å². The Morgan fingerprint density at radius 1 is 1.32 bits per heavy atom. The minimum absolute atomic E-state index is 0.405. The number of hydrogen-bond acceptors (Lipinski definition) is 3. The molecule has 0 bridgehead atoms. The molecule has 0 radical (unpaired) electrons. The van der Waals surface area contributed by atoms with Crippen molar-refractivity contribution in [1.29, 1.82) is 0 Å². The van der Waals surface area contributed by atoms with E-state index in [4.69, 9.17) is 4.74 Å². The summed E-state index contributed by atoms with van der Waals surface area (Å²) in [6, 6.07) is 10.7. The zero-order valence-corrected chi connectivity index (χ0v) is 12.2. The summed E-state index contributed by atoms with van der Waals surface area (Å²) in [6.45, 7) is 8.62. The fourth-order valence-electron chi connectivity index (χ4n) is 2.82. The third-order valence-corrected chi connectivity index (χ3v) is 3.92. The number of benzene rings is 1. The van der Waals surface area contributed by atoms with Crippen LogP contribution in [0.15, 0.2) is 30.3 Å². The van der Waals surface area contributed by atoms with Crippen LogP contribution in [0.4, 0.5) is 0 Å². The van der Waals surface area contributed by atoms with Crippen LogP contribution >= 0.6 is 0 Å². The third-order valence-electron chi connectivity index (χ3n) is 3.92. The maximum Gasteiger partial charge on any atom is 0.0589 e. The van der Waals surface area contributed by atoms with E-state index in [9.17, 15) is 0 Å². The lowest BCUT2D eigenvalue weighted by Gasteiger charge is -2.32. The highest BCUT2D eigenvalue weighted by Crippen LogP contribution is 2.26. The van der Waals surface area contributed by atoms with Crippen molar-refractivity contribution in [3.63, 3.8) is 0 Å². The zero-order chi connectivity index (χ0) is 13.6. The van der Waals surface area contributed by atoms with E-state index in [1.54, 1.807) is 7.11 Å². The van der Waals surface area contributed by atoms with E-state index in [-0.39, 0.29) is 0 Å². The van der Waals surface area contributed by atoms with Crippen molar-refractivity contribution in [3.8, 4) is 0 Å². The van der Waals surface area contributed by atoms with Gasteiger partial charge in [0.1, 0.15) is 0 Å². The molecule has 1 aliphatic heterocycles. The second-order valence-electron chi connectivity index (χ2n) is 5.93. The molecule has 1 unspecified atom stereocenters. The second-order valence-corrected chi connectivity index (χ2v) is 5.93. The van der Waals surface area contributed by atoms with Crippen LogP contribution in [0, 0.1) is 5.41 Å². The molecule has 1 aromatic carbocycles. The van der Waals surface area contributed by atoms with Gasteiger partial charge >= 0.3 is 0 Å². The molecule has 106 valence electrons. The van der Waals surface area contributed by atoms with Crippen LogP contribution in [-0.2, 0) is 11.3 Å². The molecule has 1 fully saturated rings. The van der Waals surface area contributed by atoms with Crippen molar-refractivity contribution in [2.24, 2.45) is 5.41 Å². The SMILES string of the molecule is COCCN(Cc1ccccc1)CC1(C)CCNC1. The second kappa shape index (κ2) is 7.04. The standard InChI is InChI=1S/C16H26N2O/c1-16(8-9-17-13-16)14-18(10-11-19-2)12-15-6-4-3-5-7-15/h3-7,17H,8-14H2,1-2H3. The highest BCUT2D eigenvalue weighted by Gasteiger charge is 2.30. The zero-order valence-electron chi connectivity index (χ0n) is 12.2. The average Bonchev–Trinajstić information content (AvgIpc) is 2.84. The van der Waals surface area contributed by atoms with Crippen molar-refractivity contribution in [3.05, 3.63) is 35.9 Å². The Morgan fingerprint density at radius 3 is 2.74 bits per heavy atom. The number of nitrogens with one attached hydrogen (secondary N) is 1. The monoisotopic (exact) mass is 262 g/mol. The summed E-state index contributed by atoms with van der Waals surface area (Å²) in [5, 5.41) is 3.48. The normalized spacial score (nSPS) is 23.1. The topological polar surface area (TPSA) is 24.5 Å². The quantitative estimate of drug-likeness (QED) is 0.815. The molecule has 0 spiro atoms. The summed E-state index contributed by atoms with van der Waals surface area (Å²) in [6.07, 6.45) is 1.27. The molecule has 3 heteroatoms. The molecule has 0 aromatic heterocycles. The van der Waals surface area contributed by atoms with Crippen molar-refractivity contribution in [2.75, 3.05) is 39.9 Å². The van der Waals surface area contributed by atoms with Gasteiger partial charge in [-0.05, 0) is 23.9 Å². The molecular formula is C16H26N2O. The van der Waals surface area contributed by atoms with Crippen molar-refractivity contribution < 1.29 is 4.74 Å². The Hall–Kier alpha value is -0.900. The van der Waals surface area contributed by atoms with Gasteiger partial charge in [0.2, 0.25) is 0 Å².